The fourth-order valence-corrected chi connectivity index (χ4v) is 3.18. The molecule has 19 heavy (non-hydrogen) atoms. The second-order valence-corrected chi connectivity index (χ2v) is 6.48. The monoisotopic (exact) mass is 260 g/mol. The fourth-order valence-electron chi connectivity index (χ4n) is 3.18. The van der Waals surface area contributed by atoms with Crippen LogP contribution in [0.1, 0.15) is 45.1 Å². The van der Waals surface area contributed by atoms with Crippen molar-refractivity contribution in [3.05, 3.63) is 35.9 Å². The highest BCUT2D eigenvalue weighted by molar-refractivity contribution is 5.84. The summed E-state index contributed by atoms with van der Waals surface area (Å²) in [5.74, 6) is -0.212. The van der Waals surface area contributed by atoms with E-state index in [1.807, 2.05) is 18.2 Å². The highest BCUT2D eigenvalue weighted by Gasteiger charge is 2.43. The van der Waals surface area contributed by atoms with Crippen molar-refractivity contribution in [1.82, 2.24) is 5.32 Å². The number of carbonyl (C=O) groups excluding carboxylic acids is 1. The molecule has 104 valence electrons. The van der Waals surface area contributed by atoms with Crippen LogP contribution in [0.2, 0.25) is 0 Å². The van der Waals surface area contributed by atoms with Gasteiger partial charge in [0.2, 0.25) is 5.91 Å². The molecule has 0 heterocycles. The molecule has 0 radical (unpaired) electrons. The molecule has 1 aliphatic carbocycles. The average molecular weight is 260 g/mol. The van der Waals surface area contributed by atoms with Crippen LogP contribution in [-0.2, 0) is 11.3 Å². The van der Waals surface area contributed by atoms with Gasteiger partial charge in [0, 0.05) is 6.54 Å². The van der Waals surface area contributed by atoms with Crippen molar-refractivity contribution >= 4 is 5.91 Å². The average Bonchev–Trinajstić information content (AvgIpc) is 2.36. The van der Waals surface area contributed by atoms with E-state index in [9.17, 15) is 4.79 Å². The van der Waals surface area contributed by atoms with E-state index in [1.165, 1.54) is 5.56 Å². The van der Waals surface area contributed by atoms with Crippen molar-refractivity contribution in [2.24, 2.45) is 11.1 Å². The Hall–Kier alpha value is -1.35. The maximum Gasteiger partial charge on any atom is 0.237 e. The third kappa shape index (κ3) is 3.35. The molecule has 1 saturated carbocycles. The van der Waals surface area contributed by atoms with Gasteiger partial charge >= 0.3 is 0 Å². The number of carbonyl (C=O) groups is 1. The van der Waals surface area contributed by atoms with E-state index < -0.39 is 5.54 Å². The molecule has 3 heteroatoms. The van der Waals surface area contributed by atoms with E-state index in [2.05, 4.69) is 31.3 Å². The SMILES string of the molecule is CC1(C)CCCC(NCc2ccccc2)(C(N)=O)C1. The standard InChI is InChI=1S/C16H24N2O/c1-15(2)9-6-10-16(12-15,14(17)19)18-11-13-7-4-3-5-8-13/h3-5,7-8,18H,6,9-12H2,1-2H3,(H2,17,19). The Morgan fingerprint density at radius 2 is 1.95 bits per heavy atom. The third-order valence-corrected chi connectivity index (χ3v) is 4.18. The van der Waals surface area contributed by atoms with Crippen molar-refractivity contribution in [3.63, 3.8) is 0 Å². The van der Waals surface area contributed by atoms with Crippen molar-refractivity contribution in [2.45, 2.75) is 51.6 Å². The normalized spacial score (nSPS) is 26.0. The first-order valence-corrected chi connectivity index (χ1v) is 7.02. The second-order valence-electron chi connectivity index (χ2n) is 6.48. The van der Waals surface area contributed by atoms with E-state index in [4.69, 9.17) is 5.73 Å². The molecule has 0 spiro atoms. The molecule has 1 amide bonds. The van der Waals surface area contributed by atoms with Crippen LogP contribution < -0.4 is 11.1 Å². The van der Waals surface area contributed by atoms with Crippen LogP contribution in [0.15, 0.2) is 30.3 Å². The minimum Gasteiger partial charge on any atom is -0.368 e. The molecule has 0 aliphatic heterocycles. The summed E-state index contributed by atoms with van der Waals surface area (Å²) in [6, 6.07) is 10.2. The van der Waals surface area contributed by atoms with Gasteiger partial charge in [0.15, 0.2) is 0 Å². The number of nitrogens with two attached hydrogens (primary N) is 1. The number of primary amides is 1. The molecule has 0 saturated heterocycles. The summed E-state index contributed by atoms with van der Waals surface area (Å²) in [5.41, 5.74) is 6.51. The Balaban J connectivity index is 2.10. The lowest BCUT2D eigenvalue weighted by atomic mass is 9.67. The van der Waals surface area contributed by atoms with Gasteiger partial charge in [0.05, 0.1) is 5.54 Å². The minimum atomic E-state index is -0.544. The van der Waals surface area contributed by atoms with Crippen LogP contribution in [0.5, 0.6) is 0 Å². The first kappa shape index (κ1) is 14.1. The lowest BCUT2D eigenvalue weighted by molar-refractivity contribution is -0.127. The molecular weight excluding hydrogens is 236 g/mol. The second kappa shape index (κ2) is 5.33. The highest BCUT2D eigenvalue weighted by Crippen LogP contribution is 2.41. The molecule has 3 nitrogen and oxygen atoms in total. The zero-order valence-electron chi connectivity index (χ0n) is 11.9. The van der Waals surface area contributed by atoms with Gasteiger partial charge in [-0.25, -0.2) is 0 Å². The summed E-state index contributed by atoms with van der Waals surface area (Å²) in [6.45, 7) is 5.13. The van der Waals surface area contributed by atoms with Crippen molar-refractivity contribution in [1.29, 1.82) is 0 Å². The number of hydrogen-bond donors (Lipinski definition) is 2. The Bertz CT molecular complexity index is 441. The summed E-state index contributed by atoms with van der Waals surface area (Å²) in [5, 5.41) is 3.43. The van der Waals surface area contributed by atoms with E-state index >= 15 is 0 Å². The summed E-state index contributed by atoms with van der Waals surface area (Å²) < 4.78 is 0. The van der Waals surface area contributed by atoms with Crippen LogP contribution in [0, 0.1) is 5.41 Å². The van der Waals surface area contributed by atoms with Gasteiger partial charge in [-0.2, -0.15) is 0 Å². The smallest absolute Gasteiger partial charge is 0.237 e. The molecule has 1 atom stereocenters. The van der Waals surface area contributed by atoms with Crippen LogP contribution in [0.25, 0.3) is 0 Å². The molecule has 3 N–H and O–H groups in total. The summed E-state index contributed by atoms with van der Waals surface area (Å²) in [4.78, 5) is 11.9. The molecule has 1 unspecified atom stereocenters. The van der Waals surface area contributed by atoms with Crippen LogP contribution in [-0.4, -0.2) is 11.4 Å². The predicted octanol–water partition coefficient (Wildman–Crippen LogP) is 2.60. The Labute approximate surface area is 115 Å². The maximum atomic E-state index is 11.9. The lowest BCUT2D eigenvalue weighted by Gasteiger charge is -2.43. The highest BCUT2D eigenvalue weighted by atomic mass is 16.1. The quantitative estimate of drug-likeness (QED) is 0.874. The van der Waals surface area contributed by atoms with Crippen molar-refractivity contribution in [2.75, 3.05) is 0 Å². The topological polar surface area (TPSA) is 55.1 Å². The number of benzene rings is 1. The van der Waals surface area contributed by atoms with E-state index in [1.54, 1.807) is 0 Å². The van der Waals surface area contributed by atoms with E-state index in [-0.39, 0.29) is 11.3 Å². The summed E-state index contributed by atoms with van der Waals surface area (Å²) >= 11 is 0. The fraction of sp³-hybridized carbons (Fsp3) is 0.562. The van der Waals surface area contributed by atoms with Gasteiger partial charge in [-0.1, -0.05) is 50.6 Å². The Kier molecular flexibility index (Phi) is 3.95. The first-order chi connectivity index (χ1) is 8.94. The zero-order valence-corrected chi connectivity index (χ0v) is 11.9. The predicted molar refractivity (Wildman–Crippen MR) is 77.5 cm³/mol. The van der Waals surface area contributed by atoms with E-state index in [0.29, 0.717) is 6.54 Å². The summed E-state index contributed by atoms with van der Waals surface area (Å²) in [7, 11) is 0. The van der Waals surface area contributed by atoms with Gasteiger partial charge < -0.3 is 5.73 Å². The number of hydrogen-bond acceptors (Lipinski definition) is 2. The third-order valence-electron chi connectivity index (χ3n) is 4.18. The van der Waals surface area contributed by atoms with E-state index in [0.717, 1.165) is 25.7 Å². The number of amides is 1. The Morgan fingerprint density at radius 3 is 2.53 bits per heavy atom. The van der Waals surface area contributed by atoms with Crippen LogP contribution >= 0.6 is 0 Å². The molecule has 1 aromatic carbocycles. The van der Waals surface area contributed by atoms with Crippen LogP contribution in [0.3, 0.4) is 0 Å². The molecule has 0 aromatic heterocycles. The van der Waals surface area contributed by atoms with Crippen molar-refractivity contribution in [3.8, 4) is 0 Å². The van der Waals surface area contributed by atoms with Crippen molar-refractivity contribution < 1.29 is 4.79 Å². The minimum absolute atomic E-state index is 0.178. The zero-order chi connectivity index (χ0) is 13.9. The molecule has 1 fully saturated rings. The van der Waals surface area contributed by atoms with Gasteiger partial charge in [0.1, 0.15) is 0 Å². The largest absolute Gasteiger partial charge is 0.368 e. The molecule has 0 bridgehead atoms. The number of nitrogens with one attached hydrogen (secondary N) is 1. The van der Waals surface area contributed by atoms with Crippen LogP contribution in [0.4, 0.5) is 0 Å². The van der Waals surface area contributed by atoms with Gasteiger partial charge in [0.25, 0.3) is 0 Å². The Morgan fingerprint density at radius 1 is 1.26 bits per heavy atom. The van der Waals surface area contributed by atoms with Gasteiger partial charge in [-0.15, -0.1) is 0 Å². The van der Waals surface area contributed by atoms with Gasteiger partial charge in [-0.3, -0.25) is 10.1 Å². The molecule has 2 rings (SSSR count). The maximum absolute atomic E-state index is 11.9. The van der Waals surface area contributed by atoms with Gasteiger partial charge in [-0.05, 0) is 30.2 Å². The number of rotatable bonds is 4. The summed E-state index contributed by atoms with van der Waals surface area (Å²) in [6.07, 6.45) is 3.88. The molecular formula is C16H24N2O. The molecule has 1 aromatic rings. The lowest BCUT2D eigenvalue weighted by Crippen LogP contribution is -2.58. The first-order valence-electron chi connectivity index (χ1n) is 7.02. The molecule has 1 aliphatic rings.